The first kappa shape index (κ1) is 27.6. The number of benzene rings is 2. The van der Waals surface area contributed by atoms with Crippen molar-refractivity contribution in [1.82, 2.24) is 29.1 Å². The van der Waals surface area contributed by atoms with Gasteiger partial charge in [-0.2, -0.15) is 19.3 Å². The summed E-state index contributed by atoms with van der Waals surface area (Å²) in [4.78, 5) is 1.28. The Kier molecular flexibility index (Phi) is 8.43. The van der Waals surface area contributed by atoms with Crippen LogP contribution in [0.1, 0.15) is 30.0 Å². The second-order valence-electron chi connectivity index (χ2n) is 9.62. The number of hydrogen-bond acceptors (Lipinski definition) is 7. The maximum absolute atomic E-state index is 13.5. The van der Waals surface area contributed by atoms with Crippen LogP contribution >= 0.6 is 30.1 Å². The zero-order valence-electron chi connectivity index (χ0n) is 21.5. The molecule has 5 rings (SSSR count). The lowest BCUT2D eigenvalue weighted by atomic mass is 9.72. The molecule has 12 heteroatoms. The Hall–Kier alpha value is -2.00. The molecule has 0 radical (unpaired) electrons. The molecule has 0 amide bonds. The minimum absolute atomic E-state index is 0.0103. The van der Waals surface area contributed by atoms with E-state index in [1.54, 1.807) is 20.3 Å². The molecule has 0 spiro atoms. The molecular formula is C26H31IN6O3S2. The van der Waals surface area contributed by atoms with Crippen molar-refractivity contribution in [3.8, 4) is 0 Å². The van der Waals surface area contributed by atoms with Gasteiger partial charge in [0, 0.05) is 36.7 Å². The molecular weight excluding hydrogens is 635 g/mol. The first-order chi connectivity index (χ1) is 18.4. The van der Waals surface area contributed by atoms with Crippen LogP contribution in [0.25, 0.3) is 10.9 Å². The Morgan fingerprint density at radius 2 is 1.97 bits per heavy atom. The fourth-order valence-electron chi connectivity index (χ4n) is 5.36. The molecule has 1 fully saturated rings. The summed E-state index contributed by atoms with van der Waals surface area (Å²) in [6, 6.07) is 14.8. The van der Waals surface area contributed by atoms with Gasteiger partial charge in [-0.05, 0) is 69.3 Å². The van der Waals surface area contributed by atoms with E-state index in [-0.39, 0.29) is 10.4 Å². The number of ether oxygens (including phenoxy) is 1. The molecule has 3 heterocycles. The molecule has 4 aromatic rings. The van der Waals surface area contributed by atoms with Crippen LogP contribution in [-0.2, 0) is 46.8 Å². The average molecular weight is 667 g/mol. The second kappa shape index (κ2) is 11.6. The molecule has 0 saturated carbocycles. The third kappa shape index (κ3) is 5.51. The van der Waals surface area contributed by atoms with Crippen molar-refractivity contribution in [2.75, 3.05) is 25.4 Å². The van der Waals surface area contributed by atoms with Gasteiger partial charge in [0.15, 0.2) is 0 Å². The number of rotatable bonds is 11. The third-order valence-corrected chi connectivity index (χ3v) is 10.6. The van der Waals surface area contributed by atoms with Crippen LogP contribution in [0.2, 0.25) is 0 Å². The molecule has 9 nitrogen and oxygen atoms in total. The van der Waals surface area contributed by atoms with E-state index in [9.17, 15) is 8.42 Å². The summed E-state index contributed by atoms with van der Waals surface area (Å²) in [5.41, 5.74) is 4.23. The monoisotopic (exact) mass is 666 g/mol. The van der Waals surface area contributed by atoms with Gasteiger partial charge in [-0.3, -0.25) is 0 Å². The van der Waals surface area contributed by atoms with Crippen molar-refractivity contribution in [2.24, 2.45) is 7.05 Å². The van der Waals surface area contributed by atoms with E-state index in [1.165, 1.54) is 27.7 Å². The highest BCUT2D eigenvalue weighted by atomic mass is 127. The van der Waals surface area contributed by atoms with Crippen LogP contribution in [0.5, 0.6) is 0 Å². The molecule has 1 atom stereocenters. The maximum atomic E-state index is 13.5. The number of sulfonamides is 1. The summed E-state index contributed by atoms with van der Waals surface area (Å²) in [7, 11) is -0.408. The highest BCUT2D eigenvalue weighted by Gasteiger charge is 2.46. The Morgan fingerprint density at radius 1 is 1.16 bits per heavy atom. The number of aryl methyl sites for hydroxylation is 2. The molecule has 38 heavy (non-hydrogen) atoms. The molecule has 0 aliphatic carbocycles. The minimum atomic E-state index is -3.76. The minimum Gasteiger partial charge on any atom is -0.358 e. The molecule has 1 aliphatic heterocycles. The number of halogens is 1. The Morgan fingerprint density at radius 3 is 2.68 bits per heavy atom. The maximum Gasteiger partial charge on any atom is 0.264 e. The lowest BCUT2D eigenvalue weighted by molar-refractivity contribution is 0.0844. The summed E-state index contributed by atoms with van der Waals surface area (Å²) in [6.07, 6.45) is 5.49. The van der Waals surface area contributed by atoms with Crippen molar-refractivity contribution in [2.45, 2.75) is 43.4 Å². The molecule has 2 aromatic carbocycles. The predicted molar refractivity (Wildman–Crippen MR) is 158 cm³/mol. The Bertz CT molecular complexity index is 1510. The van der Waals surface area contributed by atoms with E-state index < -0.39 is 10.0 Å². The van der Waals surface area contributed by atoms with Crippen LogP contribution in [-0.4, -0.2) is 62.9 Å². The van der Waals surface area contributed by atoms with Crippen molar-refractivity contribution in [3.05, 3.63) is 71.5 Å². The predicted octanol–water partition coefficient (Wildman–Crippen LogP) is 4.36. The highest BCUT2D eigenvalue weighted by Crippen LogP contribution is 2.42. The normalized spacial score (nSPS) is 18.5. The van der Waals surface area contributed by atoms with Gasteiger partial charge in [0.25, 0.3) is 10.0 Å². The van der Waals surface area contributed by atoms with E-state index >= 15 is 0 Å². The first-order valence-electron chi connectivity index (χ1n) is 12.6. The van der Waals surface area contributed by atoms with E-state index in [2.05, 4.69) is 67.7 Å². The topological polar surface area (TPSA) is 95.1 Å². The van der Waals surface area contributed by atoms with Gasteiger partial charge in [-0.15, -0.1) is 5.10 Å². The number of hydrogen-bond donors (Lipinski definition) is 0. The molecule has 1 saturated heterocycles. The lowest BCUT2D eigenvalue weighted by Crippen LogP contribution is -2.37. The van der Waals surface area contributed by atoms with Gasteiger partial charge in [-0.1, -0.05) is 46.2 Å². The van der Waals surface area contributed by atoms with Crippen molar-refractivity contribution >= 4 is 51.1 Å². The van der Waals surface area contributed by atoms with Crippen molar-refractivity contribution < 1.29 is 13.2 Å². The zero-order valence-corrected chi connectivity index (χ0v) is 25.2. The van der Waals surface area contributed by atoms with Gasteiger partial charge >= 0.3 is 0 Å². The van der Waals surface area contributed by atoms with Crippen molar-refractivity contribution in [3.63, 3.8) is 0 Å². The van der Waals surface area contributed by atoms with E-state index in [0.717, 1.165) is 29.5 Å². The van der Waals surface area contributed by atoms with Gasteiger partial charge in [-0.25, -0.2) is 13.1 Å². The number of nitrogens with zero attached hydrogens (tertiary/aromatic N) is 6. The zero-order chi connectivity index (χ0) is 26.8. The molecule has 0 N–H and O–H groups in total. The number of aromatic nitrogens is 5. The molecule has 1 unspecified atom stereocenters. The van der Waals surface area contributed by atoms with Crippen LogP contribution in [0.3, 0.4) is 0 Å². The summed E-state index contributed by atoms with van der Waals surface area (Å²) in [6.45, 7) is 4.03. The smallest absolute Gasteiger partial charge is 0.264 e. The van der Waals surface area contributed by atoms with Crippen molar-refractivity contribution in [1.29, 1.82) is 0 Å². The first-order valence-corrected chi connectivity index (χ1v) is 17.5. The molecule has 0 bridgehead atoms. The van der Waals surface area contributed by atoms with Gasteiger partial charge in [0.1, 0.15) is 6.73 Å². The average Bonchev–Trinajstić information content (AvgIpc) is 3.66. The van der Waals surface area contributed by atoms with Gasteiger partial charge in [0.2, 0.25) is 5.03 Å². The fraction of sp³-hybridized carbons (Fsp3) is 0.423. The van der Waals surface area contributed by atoms with Gasteiger partial charge < -0.3 is 4.74 Å². The SMILES string of the molecule is CCc1cc2c(cnn2COCCSI)cc1C1(Cc2ccccc2)CCN(S(=O)(=O)c2cnn(C)n2)C1. The van der Waals surface area contributed by atoms with E-state index in [4.69, 9.17) is 4.74 Å². The standard InChI is InChI=1S/C26H31IN6O3S2/c1-3-21-14-24-22(16-29-33(24)19-36-11-12-37-27)13-23(21)26(15-20-7-5-4-6-8-20)9-10-32(18-26)38(34,35)25-17-28-31(2)30-25/h4-8,13-14,16-17H,3,9-12,15,18-19H2,1-2H3. The Labute approximate surface area is 239 Å². The summed E-state index contributed by atoms with van der Waals surface area (Å²) < 4.78 is 36.3. The third-order valence-electron chi connectivity index (χ3n) is 7.22. The van der Waals surface area contributed by atoms with Gasteiger partial charge in [0.05, 0.1) is 24.5 Å². The van der Waals surface area contributed by atoms with Crippen LogP contribution in [0.15, 0.2) is 59.9 Å². The summed E-state index contributed by atoms with van der Waals surface area (Å²) in [5.74, 6) is 0.931. The van der Waals surface area contributed by atoms with Crippen LogP contribution in [0, 0.1) is 0 Å². The Balaban J connectivity index is 1.54. The molecule has 1 aliphatic rings. The lowest BCUT2D eigenvalue weighted by Gasteiger charge is -2.32. The van der Waals surface area contributed by atoms with E-state index in [0.29, 0.717) is 32.8 Å². The molecule has 2 aromatic heterocycles. The highest BCUT2D eigenvalue weighted by molar-refractivity contribution is 14.2. The van der Waals surface area contributed by atoms with Crippen LogP contribution in [0.4, 0.5) is 0 Å². The molecule has 202 valence electrons. The number of fused-ring (bicyclic) bond motifs is 1. The largest absolute Gasteiger partial charge is 0.358 e. The fourth-order valence-corrected chi connectivity index (χ4v) is 7.50. The van der Waals surface area contributed by atoms with Crippen LogP contribution < -0.4 is 0 Å². The van der Waals surface area contributed by atoms with E-state index in [1.807, 2.05) is 29.1 Å². The summed E-state index contributed by atoms with van der Waals surface area (Å²) >= 11 is 2.27. The summed E-state index contributed by atoms with van der Waals surface area (Å²) in [5, 5.41) is 13.7. The second-order valence-corrected chi connectivity index (χ2v) is 14.0. The quantitative estimate of drug-likeness (QED) is 0.174.